The topological polar surface area (TPSA) is 74.0 Å². The van der Waals surface area contributed by atoms with Crippen LogP contribution in [-0.4, -0.2) is 11.1 Å². The third kappa shape index (κ3) is 5.95. The van der Waals surface area contributed by atoms with Gasteiger partial charge in [-0.3, -0.25) is 10.1 Å². The van der Waals surface area contributed by atoms with E-state index in [2.05, 4.69) is 21.1 Å². The predicted molar refractivity (Wildman–Crippen MR) is 120 cm³/mol. The van der Waals surface area contributed by atoms with E-state index in [1.165, 1.54) is 18.3 Å². The summed E-state index contributed by atoms with van der Waals surface area (Å²) in [7, 11) is 0. The molecule has 0 aliphatic carbocycles. The molecule has 0 aliphatic heterocycles. The van der Waals surface area contributed by atoms with Crippen LogP contribution in [0.2, 0.25) is 10.0 Å². The van der Waals surface area contributed by atoms with Gasteiger partial charge < -0.3 is 9.57 Å². The van der Waals surface area contributed by atoms with Gasteiger partial charge in [-0.15, -0.1) is 0 Å². The predicted octanol–water partition coefficient (Wildman–Crippen LogP) is 6.79. The molecule has 9 heteroatoms. The number of nitro groups is 1. The zero-order valence-electron chi connectivity index (χ0n) is 15.4. The number of hydrogen-bond acceptors (Lipinski definition) is 5. The number of oxime groups is 1. The fourth-order valence-corrected chi connectivity index (χ4v) is 3.71. The van der Waals surface area contributed by atoms with Gasteiger partial charge in [-0.05, 0) is 45.3 Å². The van der Waals surface area contributed by atoms with Gasteiger partial charge in [0.25, 0.3) is 5.69 Å². The molecular weight excluding hydrogens is 495 g/mol. The largest absolute Gasteiger partial charge is 0.486 e. The van der Waals surface area contributed by atoms with Gasteiger partial charge in [0.05, 0.1) is 20.6 Å². The van der Waals surface area contributed by atoms with Crippen LogP contribution in [0, 0.1) is 10.1 Å². The van der Waals surface area contributed by atoms with Crippen LogP contribution < -0.4 is 4.74 Å². The first-order chi connectivity index (χ1) is 14.4. The summed E-state index contributed by atoms with van der Waals surface area (Å²) in [6, 6.07) is 17.1. The van der Waals surface area contributed by atoms with Gasteiger partial charge in [0, 0.05) is 22.7 Å². The average molecular weight is 510 g/mol. The number of non-ortho nitro benzene ring substituents is 1. The lowest BCUT2D eigenvalue weighted by Crippen LogP contribution is -1.98. The molecule has 6 nitrogen and oxygen atoms in total. The number of ether oxygens (including phenoxy) is 1. The lowest BCUT2D eigenvalue weighted by Gasteiger charge is -2.12. The van der Waals surface area contributed by atoms with E-state index in [1.807, 2.05) is 18.2 Å². The molecule has 0 atom stereocenters. The molecule has 154 valence electrons. The summed E-state index contributed by atoms with van der Waals surface area (Å²) in [6.07, 6.45) is 1.49. The Bertz CT molecular complexity index is 1070. The molecule has 0 heterocycles. The third-order valence-corrected chi connectivity index (χ3v) is 5.22. The van der Waals surface area contributed by atoms with Crippen LogP contribution in [0.1, 0.15) is 16.7 Å². The Labute approximate surface area is 191 Å². The molecule has 0 aliphatic rings. The number of halogens is 3. The fourth-order valence-electron chi connectivity index (χ4n) is 2.53. The van der Waals surface area contributed by atoms with Crippen LogP contribution in [0.15, 0.2) is 70.3 Å². The highest BCUT2D eigenvalue weighted by atomic mass is 79.9. The van der Waals surface area contributed by atoms with Gasteiger partial charge in [0.1, 0.15) is 13.2 Å². The van der Waals surface area contributed by atoms with E-state index in [9.17, 15) is 10.1 Å². The normalized spacial score (nSPS) is 10.9. The quantitative estimate of drug-likeness (QED) is 0.190. The second-order valence-electron chi connectivity index (χ2n) is 6.13. The zero-order valence-corrected chi connectivity index (χ0v) is 18.5. The molecule has 0 unspecified atom stereocenters. The second-order valence-corrected chi connectivity index (χ2v) is 7.80. The summed E-state index contributed by atoms with van der Waals surface area (Å²) in [5.74, 6) is 0.492. The molecule has 0 saturated carbocycles. The summed E-state index contributed by atoms with van der Waals surface area (Å²) in [5, 5.41) is 15.7. The molecule has 0 saturated heterocycles. The Balaban J connectivity index is 1.61. The van der Waals surface area contributed by atoms with Crippen molar-refractivity contribution >= 4 is 51.0 Å². The smallest absolute Gasteiger partial charge is 0.269 e. The van der Waals surface area contributed by atoms with Crippen LogP contribution in [-0.2, 0) is 18.1 Å². The Morgan fingerprint density at radius 3 is 2.57 bits per heavy atom. The number of nitro benzene ring substituents is 1. The molecular formula is C21H15BrCl2N2O4. The Morgan fingerprint density at radius 1 is 1.03 bits per heavy atom. The highest BCUT2D eigenvalue weighted by Gasteiger charge is 2.10. The zero-order chi connectivity index (χ0) is 21.5. The average Bonchev–Trinajstić information content (AvgIpc) is 2.72. The van der Waals surface area contributed by atoms with Crippen LogP contribution >= 0.6 is 39.1 Å². The SMILES string of the molecule is O=[N+]([O-])c1cccc(CO/N=C\c2cc(Cl)c(OCc3ccccc3Cl)c(Br)c2)c1. The fraction of sp³-hybridized carbons (Fsp3) is 0.0952. The maximum Gasteiger partial charge on any atom is 0.269 e. The van der Waals surface area contributed by atoms with Crippen LogP contribution in [0.3, 0.4) is 0 Å². The maximum atomic E-state index is 10.8. The van der Waals surface area contributed by atoms with Crippen LogP contribution in [0.25, 0.3) is 0 Å². The Kier molecular flexibility index (Phi) is 7.68. The molecule has 0 amide bonds. The van der Waals surface area contributed by atoms with E-state index in [4.69, 9.17) is 32.8 Å². The van der Waals surface area contributed by atoms with E-state index in [0.717, 1.165) is 5.56 Å². The van der Waals surface area contributed by atoms with Crippen molar-refractivity contribution in [3.63, 3.8) is 0 Å². The molecule has 0 radical (unpaired) electrons. The van der Waals surface area contributed by atoms with Crippen LogP contribution in [0.5, 0.6) is 5.75 Å². The van der Waals surface area contributed by atoms with Gasteiger partial charge in [0.2, 0.25) is 0 Å². The van der Waals surface area contributed by atoms with E-state index in [-0.39, 0.29) is 18.9 Å². The van der Waals surface area contributed by atoms with Crippen molar-refractivity contribution in [3.8, 4) is 5.75 Å². The minimum atomic E-state index is -0.457. The summed E-state index contributed by atoms with van der Waals surface area (Å²) in [5.41, 5.74) is 2.19. The lowest BCUT2D eigenvalue weighted by atomic mass is 10.2. The van der Waals surface area contributed by atoms with Gasteiger partial charge in [-0.1, -0.05) is 58.7 Å². The Hall–Kier alpha value is -2.61. The van der Waals surface area contributed by atoms with Crippen molar-refractivity contribution in [3.05, 3.63) is 102 Å². The van der Waals surface area contributed by atoms with Crippen molar-refractivity contribution in [1.82, 2.24) is 0 Å². The summed E-state index contributed by atoms with van der Waals surface area (Å²) < 4.78 is 6.46. The minimum absolute atomic E-state index is 0.00294. The number of rotatable bonds is 8. The second kappa shape index (κ2) is 10.4. The van der Waals surface area contributed by atoms with E-state index >= 15 is 0 Å². The standard InChI is InChI=1S/C21H15BrCl2N2O4/c22-18-9-15(11-25-30-12-14-4-3-6-17(8-14)26(27)28)10-20(24)21(18)29-13-16-5-1-2-7-19(16)23/h1-11H,12-13H2/b25-11-. The minimum Gasteiger partial charge on any atom is -0.486 e. The molecule has 0 N–H and O–H groups in total. The maximum absolute atomic E-state index is 10.8. The molecule has 0 bridgehead atoms. The van der Waals surface area contributed by atoms with Crippen molar-refractivity contribution in [2.75, 3.05) is 0 Å². The first-order valence-electron chi connectivity index (χ1n) is 8.68. The number of benzene rings is 3. The summed E-state index contributed by atoms with van der Waals surface area (Å²) in [6.45, 7) is 0.379. The summed E-state index contributed by atoms with van der Waals surface area (Å²) in [4.78, 5) is 15.6. The monoisotopic (exact) mass is 508 g/mol. The van der Waals surface area contributed by atoms with Crippen LogP contribution in [0.4, 0.5) is 5.69 Å². The molecule has 30 heavy (non-hydrogen) atoms. The van der Waals surface area contributed by atoms with Gasteiger partial charge in [-0.25, -0.2) is 0 Å². The molecule has 3 aromatic rings. The van der Waals surface area contributed by atoms with E-state index in [0.29, 0.717) is 31.4 Å². The van der Waals surface area contributed by atoms with Gasteiger partial charge in [0.15, 0.2) is 5.75 Å². The van der Waals surface area contributed by atoms with Crippen molar-refractivity contribution in [2.24, 2.45) is 5.16 Å². The van der Waals surface area contributed by atoms with Gasteiger partial charge >= 0.3 is 0 Å². The van der Waals surface area contributed by atoms with Crippen molar-refractivity contribution < 1.29 is 14.5 Å². The highest BCUT2D eigenvalue weighted by Crippen LogP contribution is 2.35. The summed E-state index contributed by atoms with van der Waals surface area (Å²) >= 11 is 15.9. The number of nitrogens with zero attached hydrogens (tertiary/aromatic N) is 2. The molecule has 3 rings (SSSR count). The lowest BCUT2D eigenvalue weighted by molar-refractivity contribution is -0.384. The highest BCUT2D eigenvalue weighted by molar-refractivity contribution is 9.10. The molecule has 0 fully saturated rings. The number of hydrogen-bond donors (Lipinski definition) is 0. The third-order valence-electron chi connectivity index (χ3n) is 3.98. The van der Waals surface area contributed by atoms with Gasteiger partial charge in [-0.2, -0.15) is 0 Å². The van der Waals surface area contributed by atoms with Crippen molar-refractivity contribution in [2.45, 2.75) is 13.2 Å². The molecule has 3 aromatic carbocycles. The molecule has 0 aromatic heterocycles. The van der Waals surface area contributed by atoms with E-state index in [1.54, 1.807) is 30.3 Å². The Morgan fingerprint density at radius 2 is 1.83 bits per heavy atom. The van der Waals surface area contributed by atoms with E-state index < -0.39 is 4.92 Å². The first-order valence-corrected chi connectivity index (χ1v) is 10.2. The first kappa shape index (κ1) is 22.1. The molecule has 0 spiro atoms. The van der Waals surface area contributed by atoms with Crippen molar-refractivity contribution in [1.29, 1.82) is 0 Å².